The van der Waals surface area contributed by atoms with Gasteiger partial charge >= 0.3 is 5.97 Å². The number of phenolic OH excluding ortho intramolecular Hbond substituents is 1. The van der Waals surface area contributed by atoms with Gasteiger partial charge in [0.05, 0.1) is 23.2 Å². The summed E-state index contributed by atoms with van der Waals surface area (Å²) in [6.45, 7) is 3.95. The lowest BCUT2D eigenvalue weighted by Gasteiger charge is -2.10. The van der Waals surface area contributed by atoms with Crippen LogP contribution in [0.1, 0.15) is 22.8 Å². The number of fused-ring (bicyclic) bond motifs is 1. The smallest absolute Gasteiger partial charge is 0.339 e. The first kappa shape index (κ1) is 15.2. The minimum absolute atomic E-state index is 0.115. The zero-order valence-electron chi connectivity index (χ0n) is 12.7. The van der Waals surface area contributed by atoms with Gasteiger partial charge < -0.3 is 15.2 Å². The number of hydrogen-bond acceptors (Lipinski definition) is 7. The number of nitrogens with zero attached hydrogens (tertiary/aromatic N) is 2. The summed E-state index contributed by atoms with van der Waals surface area (Å²) < 4.78 is 5.07. The Morgan fingerprint density at radius 3 is 2.96 bits per heavy atom. The number of esters is 1. The van der Waals surface area contributed by atoms with Crippen LogP contribution in [0.5, 0.6) is 5.75 Å². The highest BCUT2D eigenvalue weighted by atomic mass is 32.1. The summed E-state index contributed by atoms with van der Waals surface area (Å²) in [5.74, 6) is 0.160. The van der Waals surface area contributed by atoms with E-state index in [1.807, 2.05) is 13.0 Å². The number of aromatic hydroxyl groups is 1. The van der Waals surface area contributed by atoms with Crippen LogP contribution in [0, 0.1) is 6.92 Å². The highest BCUT2D eigenvalue weighted by molar-refractivity contribution is 7.17. The maximum absolute atomic E-state index is 12.1. The van der Waals surface area contributed by atoms with E-state index < -0.39 is 5.97 Å². The molecule has 2 N–H and O–H groups in total. The van der Waals surface area contributed by atoms with E-state index in [1.165, 1.54) is 17.7 Å². The summed E-state index contributed by atoms with van der Waals surface area (Å²) in [6, 6.07) is 5.29. The van der Waals surface area contributed by atoms with Gasteiger partial charge in [-0.1, -0.05) is 6.07 Å². The maximum atomic E-state index is 12.1. The number of benzene rings is 1. The van der Waals surface area contributed by atoms with Gasteiger partial charge in [-0.2, -0.15) is 0 Å². The van der Waals surface area contributed by atoms with Crippen molar-refractivity contribution in [2.24, 2.45) is 0 Å². The molecule has 0 aliphatic heterocycles. The maximum Gasteiger partial charge on any atom is 0.339 e. The number of rotatable bonds is 4. The molecule has 0 radical (unpaired) electrons. The quantitative estimate of drug-likeness (QED) is 0.562. The van der Waals surface area contributed by atoms with Crippen LogP contribution in [0.15, 0.2) is 29.9 Å². The Kier molecular flexibility index (Phi) is 4.12. The summed E-state index contributed by atoms with van der Waals surface area (Å²) in [5, 5.41) is 15.4. The molecule has 23 heavy (non-hydrogen) atoms. The van der Waals surface area contributed by atoms with Crippen molar-refractivity contribution in [2.75, 3.05) is 11.9 Å². The molecule has 0 atom stereocenters. The number of hydrogen-bond donors (Lipinski definition) is 2. The fourth-order valence-corrected chi connectivity index (χ4v) is 3.08. The normalized spacial score (nSPS) is 10.7. The number of ether oxygens (including phenoxy) is 1. The Morgan fingerprint density at radius 1 is 1.39 bits per heavy atom. The fourth-order valence-electron chi connectivity index (χ4n) is 2.20. The molecule has 0 amide bonds. The fraction of sp³-hybridized carbons (Fsp3) is 0.188. The summed E-state index contributed by atoms with van der Waals surface area (Å²) in [4.78, 5) is 21.2. The average Bonchev–Trinajstić information content (AvgIpc) is 2.95. The summed E-state index contributed by atoms with van der Waals surface area (Å²) >= 11 is 1.35. The first-order chi connectivity index (χ1) is 11.1. The second-order valence-corrected chi connectivity index (χ2v) is 5.78. The van der Waals surface area contributed by atoms with Crippen molar-refractivity contribution in [1.82, 2.24) is 9.97 Å². The molecule has 0 aliphatic carbocycles. The number of nitrogens with one attached hydrogen (secondary N) is 1. The van der Waals surface area contributed by atoms with E-state index >= 15 is 0 Å². The molecule has 7 heteroatoms. The van der Waals surface area contributed by atoms with Crippen LogP contribution in [0.25, 0.3) is 10.2 Å². The molecule has 6 nitrogen and oxygen atoms in total. The largest absolute Gasteiger partial charge is 0.506 e. The summed E-state index contributed by atoms with van der Waals surface area (Å²) in [5.41, 5.74) is 1.88. The second kappa shape index (κ2) is 6.21. The lowest BCUT2D eigenvalue weighted by Crippen LogP contribution is -2.05. The van der Waals surface area contributed by atoms with Gasteiger partial charge in [0, 0.05) is 5.38 Å². The number of aryl methyl sites for hydroxylation is 1. The topological polar surface area (TPSA) is 84.3 Å². The molecule has 0 fully saturated rings. The molecule has 0 spiro atoms. The van der Waals surface area contributed by atoms with Crippen molar-refractivity contribution in [2.45, 2.75) is 13.8 Å². The molecule has 0 bridgehead atoms. The SMILES string of the molecule is CCOC(=O)c1csc2ncnc(Nc3ccc(C)cc3O)c12. The molecule has 3 aromatic rings. The lowest BCUT2D eigenvalue weighted by molar-refractivity contribution is 0.0529. The van der Waals surface area contributed by atoms with Crippen LogP contribution < -0.4 is 5.32 Å². The number of anilines is 2. The molecular formula is C16H15N3O3S. The molecule has 1 aromatic carbocycles. The highest BCUT2D eigenvalue weighted by Crippen LogP contribution is 2.33. The highest BCUT2D eigenvalue weighted by Gasteiger charge is 2.18. The van der Waals surface area contributed by atoms with Gasteiger partial charge in [-0.25, -0.2) is 14.8 Å². The second-order valence-electron chi connectivity index (χ2n) is 4.92. The molecule has 3 rings (SSSR count). The van der Waals surface area contributed by atoms with E-state index in [9.17, 15) is 9.90 Å². The molecule has 2 aromatic heterocycles. The zero-order valence-corrected chi connectivity index (χ0v) is 13.5. The third-order valence-corrected chi connectivity index (χ3v) is 4.16. The number of carbonyl (C=O) groups excluding carboxylic acids is 1. The van der Waals surface area contributed by atoms with Crippen LogP contribution in [0.3, 0.4) is 0 Å². The molecule has 0 aliphatic rings. The van der Waals surface area contributed by atoms with Crippen molar-refractivity contribution in [1.29, 1.82) is 0 Å². The molecule has 0 saturated carbocycles. The Morgan fingerprint density at radius 2 is 2.22 bits per heavy atom. The van der Waals surface area contributed by atoms with Crippen LogP contribution in [0.4, 0.5) is 11.5 Å². The van der Waals surface area contributed by atoms with Gasteiger partial charge in [0.15, 0.2) is 0 Å². The van der Waals surface area contributed by atoms with Crippen molar-refractivity contribution in [3.8, 4) is 5.75 Å². The first-order valence-electron chi connectivity index (χ1n) is 7.06. The standard InChI is InChI=1S/C16H15N3O3S/c1-3-22-16(21)10-7-23-15-13(10)14(17-8-18-15)19-11-5-4-9(2)6-12(11)20/h4-8,20H,3H2,1-2H3,(H,17,18,19). The predicted molar refractivity (Wildman–Crippen MR) is 89.5 cm³/mol. The van der Waals surface area contributed by atoms with E-state index in [0.29, 0.717) is 33.9 Å². The lowest BCUT2D eigenvalue weighted by atomic mass is 10.2. The molecular weight excluding hydrogens is 314 g/mol. The van der Waals surface area contributed by atoms with E-state index in [1.54, 1.807) is 24.4 Å². The monoisotopic (exact) mass is 329 g/mol. The Labute approximate surface area is 136 Å². The van der Waals surface area contributed by atoms with Gasteiger partial charge in [0.1, 0.15) is 22.7 Å². The minimum Gasteiger partial charge on any atom is -0.506 e. The van der Waals surface area contributed by atoms with Gasteiger partial charge in [0.25, 0.3) is 0 Å². The van der Waals surface area contributed by atoms with Crippen LogP contribution >= 0.6 is 11.3 Å². The van der Waals surface area contributed by atoms with Crippen molar-refractivity contribution in [3.05, 3.63) is 41.0 Å². The average molecular weight is 329 g/mol. The Bertz CT molecular complexity index is 876. The number of phenols is 1. The minimum atomic E-state index is -0.412. The number of carbonyl (C=O) groups is 1. The Hall–Kier alpha value is -2.67. The van der Waals surface area contributed by atoms with Gasteiger partial charge in [-0.05, 0) is 31.5 Å². The van der Waals surface area contributed by atoms with Gasteiger partial charge in [-0.3, -0.25) is 0 Å². The van der Waals surface area contributed by atoms with Crippen molar-refractivity contribution >= 4 is 39.0 Å². The van der Waals surface area contributed by atoms with E-state index in [0.717, 1.165) is 5.56 Å². The molecule has 0 unspecified atom stereocenters. The van der Waals surface area contributed by atoms with E-state index in [-0.39, 0.29) is 5.75 Å². The van der Waals surface area contributed by atoms with Crippen LogP contribution in [-0.4, -0.2) is 27.7 Å². The van der Waals surface area contributed by atoms with E-state index in [2.05, 4.69) is 15.3 Å². The summed E-state index contributed by atoms with van der Waals surface area (Å²) in [6.07, 6.45) is 1.42. The predicted octanol–water partition coefficient (Wildman–Crippen LogP) is 3.63. The van der Waals surface area contributed by atoms with Crippen LogP contribution in [0.2, 0.25) is 0 Å². The molecule has 118 valence electrons. The van der Waals surface area contributed by atoms with Gasteiger partial charge in [0.2, 0.25) is 0 Å². The Balaban J connectivity index is 2.06. The van der Waals surface area contributed by atoms with Gasteiger partial charge in [-0.15, -0.1) is 11.3 Å². The molecule has 2 heterocycles. The first-order valence-corrected chi connectivity index (χ1v) is 7.94. The van der Waals surface area contributed by atoms with Crippen molar-refractivity contribution in [3.63, 3.8) is 0 Å². The zero-order chi connectivity index (χ0) is 16.4. The van der Waals surface area contributed by atoms with E-state index in [4.69, 9.17) is 4.74 Å². The van der Waals surface area contributed by atoms with Crippen molar-refractivity contribution < 1.29 is 14.6 Å². The number of thiophene rings is 1. The summed E-state index contributed by atoms with van der Waals surface area (Å²) in [7, 11) is 0. The molecule has 0 saturated heterocycles. The third-order valence-electron chi connectivity index (χ3n) is 3.27. The number of aromatic nitrogens is 2. The van der Waals surface area contributed by atoms with Crippen LogP contribution in [-0.2, 0) is 4.74 Å². The third kappa shape index (κ3) is 2.95.